The number of nitrogens with two attached hydrogens (primary N) is 1. The van der Waals surface area contributed by atoms with E-state index >= 15 is 0 Å². The zero-order chi connectivity index (χ0) is 13.8. The molecule has 1 unspecified atom stereocenters. The maximum atomic E-state index is 11.8. The van der Waals surface area contributed by atoms with Crippen molar-refractivity contribution in [3.05, 3.63) is 0 Å². The highest BCUT2D eigenvalue weighted by molar-refractivity contribution is 5.85. The molecule has 0 saturated carbocycles. The van der Waals surface area contributed by atoms with Crippen molar-refractivity contribution in [1.82, 2.24) is 10.2 Å². The van der Waals surface area contributed by atoms with Gasteiger partial charge in [0.05, 0.1) is 18.8 Å². The second kappa shape index (κ2) is 9.79. The van der Waals surface area contributed by atoms with Crippen molar-refractivity contribution in [1.29, 1.82) is 0 Å². The Morgan fingerprint density at radius 2 is 1.80 bits per heavy atom. The summed E-state index contributed by atoms with van der Waals surface area (Å²) >= 11 is 0. The van der Waals surface area contributed by atoms with Crippen LogP contribution in [0.2, 0.25) is 0 Å². The number of nitrogens with one attached hydrogen (secondary N) is 1. The zero-order valence-electron chi connectivity index (χ0n) is 12.8. The van der Waals surface area contributed by atoms with E-state index in [0.717, 1.165) is 26.3 Å². The topological polar surface area (TPSA) is 67.6 Å². The number of carbonyl (C=O) groups is 1. The van der Waals surface area contributed by atoms with Gasteiger partial charge in [-0.25, -0.2) is 0 Å². The van der Waals surface area contributed by atoms with Crippen molar-refractivity contribution in [2.24, 2.45) is 11.7 Å². The zero-order valence-corrected chi connectivity index (χ0v) is 14.5. The van der Waals surface area contributed by atoms with E-state index in [-0.39, 0.29) is 30.7 Å². The summed E-state index contributed by atoms with van der Waals surface area (Å²) in [5.41, 5.74) is 4.96. The van der Waals surface area contributed by atoms with Gasteiger partial charge in [0, 0.05) is 25.7 Å². The van der Waals surface area contributed by atoms with Gasteiger partial charge >= 0.3 is 0 Å². The molecule has 5 nitrogen and oxygen atoms in total. The Kier molecular flexibility index (Phi) is 10.9. The molecule has 0 spiro atoms. The van der Waals surface area contributed by atoms with Crippen LogP contribution in [-0.2, 0) is 9.53 Å². The van der Waals surface area contributed by atoms with Crippen molar-refractivity contribution < 1.29 is 9.53 Å². The van der Waals surface area contributed by atoms with Crippen LogP contribution in [0.1, 0.15) is 27.7 Å². The summed E-state index contributed by atoms with van der Waals surface area (Å²) in [6, 6.07) is 0.347. The van der Waals surface area contributed by atoms with Gasteiger partial charge in [0.25, 0.3) is 0 Å². The minimum absolute atomic E-state index is 0. The number of hydrogen-bond acceptors (Lipinski definition) is 4. The van der Waals surface area contributed by atoms with Gasteiger partial charge in [-0.15, -0.1) is 24.8 Å². The molecule has 1 fully saturated rings. The van der Waals surface area contributed by atoms with Crippen LogP contribution in [0.25, 0.3) is 0 Å². The molecule has 1 saturated heterocycles. The third kappa shape index (κ3) is 7.09. The molecule has 1 aliphatic heterocycles. The van der Waals surface area contributed by atoms with Gasteiger partial charge in [-0.05, 0) is 19.8 Å². The maximum absolute atomic E-state index is 11.8. The first-order valence-electron chi connectivity index (χ1n) is 6.71. The maximum Gasteiger partial charge on any atom is 0.239 e. The molecule has 7 heteroatoms. The molecule has 3 N–H and O–H groups in total. The van der Waals surface area contributed by atoms with Crippen LogP contribution >= 0.6 is 24.8 Å². The van der Waals surface area contributed by atoms with E-state index in [9.17, 15) is 4.79 Å². The van der Waals surface area contributed by atoms with Crippen LogP contribution in [-0.4, -0.2) is 55.2 Å². The number of carbonyl (C=O) groups excluding carboxylic acids is 1. The highest BCUT2D eigenvalue weighted by Gasteiger charge is 2.27. The molecule has 1 amide bonds. The monoisotopic (exact) mass is 329 g/mol. The Morgan fingerprint density at radius 3 is 2.20 bits per heavy atom. The van der Waals surface area contributed by atoms with Gasteiger partial charge in [-0.1, -0.05) is 13.8 Å². The minimum Gasteiger partial charge on any atom is -0.379 e. The van der Waals surface area contributed by atoms with E-state index in [0.29, 0.717) is 18.5 Å². The number of morpholine rings is 1. The number of halogens is 2. The van der Waals surface area contributed by atoms with E-state index in [4.69, 9.17) is 10.5 Å². The lowest BCUT2D eigenvalue weighted by molar-refractivity contribution is -0.125. The molecule has 0 radical (unpaired) electrons. The van der Waals surface area contributed by atoms with E-state index in [1.165, 1.54) is 0 Å². The number of hydrogen-bond donors (Lipinski definition) is 2. The van der Waals surface area contributed by atoms with Gasteiger partial charge in [0.2, 0.25) is 5.91 Å². The van der Waals surface area contributed by atoms with Crippen LogP contribution in [0.15, 0.2) is 0 Å². The summed E-state index contributed by atoms with van der Waals surface area (Å²) in [5, 5.41) is 2.95. The van der Waals surface area contributed by atoms with E-state index in [2.05, 4.69) is 24.1 Å². The Hall–Kier alpha value is -0.0700. The van der Waals surface area contributed by atoms with E-state index < -0.39 is 5.54 Å². The Balaban J connectivity index is 0. The van der Waals surface area contributed by atoms with Crippen LogP contribution in [0.5, 0.6) is 0 Å². The second-order valence-electron chi connectivity index (χ2n) is 5.89. The standard InChI is InChI=1S/C13H27N3O2.2ClH/c1-10(2)11(16-5-7-18-8-6-16)9-15-12(17)13(3,4)14;;/h10-11H,5-9,14H2,1-4H3,(H,15,17);2*1H. The average Bonchev–Trinajstić information content (AvgIpc) is 2.28. The van der Waals surface area contributed by atoms with Crippen molar-refractivity contribution in [3.8, 4) is 0 Å². The predicted octanol–water partition coefficient (Wildman–Crippen LogP) is 1.04. The number of rotatable bonds is 5. The largest absolute Gasteiger partial charge is 0.379 e. The summed E-state index contributed by atoms with van der Waals surface area (Å²) in [7, 11) is 0. The van der Waals surface area contributed by atoms with Gasteiger partial charge in [0.15, 0.2) is 0 Å². The van der Waals surface area contributed by atoms with Crippen LogP contribution in [0.3, 0.4) is 0 Å². The third-order valence-corrected chi connectivity index (χ3v) is 3.34. The molecule has 0 aromatic heterocycles. The van der Waals surface area contributed by atoms with Gasteiger partial charge in [-0.2, -0.15) is 0 Å². The molecular weight excluding hydrogens is 301 g/mol. The number of amides is 1. The van der Waals surface area contributed by atoms with E-state index in [1.807, 2.05) is 0 Å². The molecule has 0 aromatic carbocycles. The first kappa shape index (κ1) is 22.2. The summed E-state index contributed by atoms with van der Waals surface area (Å²) in [6.45, 7) is 11.9. The minimum atomic E-state index is -0.813. The summed E-state index contributed by atoms with van der Waals surface area (Å²) in [4.78, 5) is 14.2. The normalized spacial score (nSPS) is 17.9. The van der Waals surface area contributed by atoms with Crippen molar-refractivity contribution in [3.63, 3.8) is 0 Å². The first-order chi connectivity index (χ1) is 8.32. The van der Waals surface area contributed by atoms with Crippen LogP contribution in [0, 0.1) is 5.92 Å². The molecule has 1 aliphatic rings. The Morgan fingerprint density at radius 1 is 1.30 bits per heavy atom. The third-order valence-electron chi connectivity index (χ3n) is 3.34. The fraction of sp³-hybridized carbons (Fsp3) is 0.923. The van der Waals surface area contributed by atoms with Crippen molar-refractivity contribution in [2.75, 3.05) is 32.8 Å². The molecule has 20 heavy (non-hydrogen) atoms. The Labute approximate surface area is 134 Å². The molecular formula is C13H29Cl2N3O2. The molecule has 0 aliphatic carbocycles. The summed E-state index contributed by atoms with van der Waals surface area (Å²) in [5.74, 6) is 0.394. The van der Waals surface area contributed by atoms with Crippen molar-refractivity contribution in [2.45, 2.75) is 39.3 Å². The highest BCUT2D eigenvalue weighted by Crippen LogP contribution is 2.12. The quantitative estimate of drug-likeness (QED) is 0.790. The van der Waals surface area contributed by atoms with E-state index in [1.54, 1.807) is 13.8 Å². The fourth-order valence-corrected chi connectivity index (χ4v) is 2.12. The highest BCUT2D eigenvalue weighted by atomic mass is 35.5. The lowest BCUT2D eigenvalue weighted by Crippen LogP contribution is -2.55. The van der Waals surface area contributed by atoms with Gasteiger partial charge in [-0.3, -0.25) is 9.69 Å². The Bertz CT molecular complexity index is 277. The average molecular weight is 330 g/mol. The molecule has 122 valence electrons. The molecule has 0 aromatic rings. The number of ether oxygens (including phenoxy) is 1. The molecule has 1 rings (SSSR count). The summed E-state index contributed by atoms with van der Waals surface area (Å²) < 4.78 is 5.36. The molecule has 0 bridgehead atoms. The fourth-order valence-electron chi connectivity index (χ4n) is 2.12. The lowest BCUT2D eigenvalue weighted by atomic mass is 10.0. The smallest absolute Gasteiger partial charge is 0.239 e. The molecule has 1 atom stereocenters. The number of nitrogens with zero attached hydrogens (tertiary/aromatic N) is 1. The van der Waals surface area contributed by atoms with Gasteiger partial charge in [0.1, 0.15) is 0 Å². The molecule has 1 heterocycles. The predicted molar refractivity (Wildman–Crippen MR) is 86.8 cm³/mol. The second-order valence-corrected chi connectivity index (χ2v) is 5.89. The first-order valence-corrected chi connectivity index (χ1v) is 6.71. The van der Waals surface area contributed by atoms with Crippen molar-refractivity contribution >= 4 is 30.7 Å². The van der Waals surface area contributed by atoms with Crippen LogP contribution < -0.4 is 11.1 Å². The van der Waals surface area contributed by atoms with Gasteiger partial charge < -0.3 is 15.8 Å². The lowest BCUT2D eigenvalue weighted by Gasteiger charge is -2.37. The summed E-state index contributed by atoms with van der Waals surface area (Å²) in [6.07, 6.45) is 0. The van der Waals surface area contributed by atoms with Crippen LogP contribution in [0.4, 0.5) is 0 Å². The SMILES string of the molecule is CC(C)C(CNC(=O)C(C)(C)N)N1CCOCC1.Cl.Cl.